The van der Waals surface area contributed by atoms with E-state index in [-0.39, 0.29) is 10.6 Å². The van der Waals surface area contributed by atoms with Gasteiger partial charge in [-0.1, -0.05) is 48.0 Å². The molecule has 0 fully saturated rings. The molecule has 0 saturated heterocycles. The van der Waals surface area contributed by atoms with Crippen LogP contribution in [0.3, 0.4) is 0 Å². The smallest absolute Gasteiger partial charge is 0.269 e. The van der Waals surface area contributed by atoms with Crippen LogP contribution in [0.2, 0.25) is 0 Å². The Morgan fingerprint density at radius 3 is 2.35 bits per heavy atom. The lowest BCUT2D eigenvalue weighted by molar-refractivity contribution is -0.384. The molecule has 1 atom stereocenters. The number of anilines is 1. The average molecular weight is 437 g/mol. The van der Waals surface area contributed by atoms with Crippen LogP contribution in [-0.2, 0) is 14.8 Å². The van der Waals surface area contributed by atoms with Gasteiger partial charge in [0.05, 0.1) is 22.4 Å². The van der Waals surface area contributed by atoms with Gasteiger partial charge in [0.15, 0.2) is 0 Å². The van der Waals surface area contributed by atoms with Gasteiger partial charge in [0, 0.05) is 23.4 Å². The fourth-order valence-corrected chi connectivity index (χ4v) is 5.18. The van der Waals surface area contributed by atoms with Gasteiger partial charge in [0.25, 0.3) is 5.69 Å². The molecule has 1 N–H and O–H groups in total. The lowest BCUT2D eigenvalue weighted by Crippen LogP contribution is -2.38. The second-order valence-electron chi connectivity index (χ2n) is 7.25. The molecule has 8 nitrogen and oxygen atoms in total. The van der Waals surface area contributed by atoms with Gasteiger partial charge in [-0.15, -0.1) is 0 Å². The summed E-state index contributed by atoms with van der Waals surface area (Å²) in [6, 6.07) is 18.2. The molecule has 9 heteroatoms. The van der Waals surface area contributed by atoms with Crippen LogP contribution in [0.25, 0.3) is 0 Å². The Morgan fingerprint density at radius 1 is 1.03 bits per heavy atom. The zero-order valence-corrected chi connectivity index (χ0v) is 17.4. The van der Waals surface area contributed by atoms with Gasteiger partial charge < -0.3 is 5.32 Å². The number of hydrogen-bond donors (Lipinski definition) is 1. The molecule has 0 bridgehead atoms. The molecule has 158 valence electrons. The highest BCUT2D eigenvalue weighted by atomic mass is 32.2. The zero-order valence-electron chi connectivity index (χ0n) is 16.6. The average Bonchev–Trinajstić information content (AvgIpc) is 2.90. The van der Waals surface area contributed by atoms with E-state index >= 15 is 0 Å². The van der Waals surface area contributed by atoms with Crippen molar-refractivity contribution in [1.29, 1.82) is 0 Å². The van der Waals surface area contributed by atoms with Gasteiger partial charge in [-0.25, -0.2) is 8.42 Å². The van der Waals surface area contributed by atoms with Crippen LogP contribution < -0.4 is 5.32 Å². The molecule has 1 unspecified atom stereocenters. The van der Waals surface area contributed by atoms with Gasteiger partial charge in [-0.3, -0.25) is 14.9 Å². The predicted molar refractivity (Wildman–Crippen MR) is 115 cm³/mol. The first-order chi connectivity index (χ1) is 14.8. The Kier molecular flexibility index (Phi) is 5.30. The summed E-state index contributed by atoms with van der Waals surface area (Å²) in [7, 11) is -4.11. The summed E-state index contributed by atoms with van der Waals surface area (Å²) in [6.45, 7) is 1.41. The highest BCUT2D eigenvalue weighted by molar-refractivity contribution is 7.89. The van der Waals surface area contributed by atoms with E-state index in [4.69, 9.17) is 0 Å². The van der Waals surface area contributed by atoms with Crippen molar-refractivity contribution in [2.45, 2.75) is 17.9 Å². The van der Waals surface area contributed by atoms with E-state index in [2.05, 4.69) is 5.32 Å². The Balaban J connectivity index is 1.97. The summed E-state index contributed by atoms with van der Waals surface area (Å²) < 4.78 is 28.3. The van der Waals surface area contributed by atoms with Crippen LogP contribution in [-0.4, -0.2) is 30.1 Å². The first kappa shape index (κ1) is 20.7. The maximum Gasteiger partial charge on any atom is 0.269 e. The number of fused-ring (bicyclic) bond motifs is 1. The number of nitrogens with one attached hydrogen (secondary N) is 1. The largest absolute Gasteiger partial charge is 0.325 e. The van der Waals surface area contributed by atoms with E-state index in [1.165, 1.54) is 30.3 Å². The molecule has 3 aromatic carbocycles. The number of nitrogens with zero attached hydrogens (tertiary/aromatic N) is 2. The van der Waals surface area contributed by atoms with Crippen molar-refractivity contribution < 1.29 is 18.1 Å². The molecule has 1 aliphatic rings. The number of non-ortho nitro benzene ring substituents is 1. The predicted octanol–water partition coefficient (Wildman–Crippen LogP) is 3.64. The molecule has 31 heavy (non-hydrogen) atoms. The number of rotatable bonds is 4. The molecule has 4 rings (SSSR count). The van der Waals surface area contributed by atoms with E-state index in [1.807, 2.05) is 6.92 Å². The van der Waals surface area contributed by atoms with Crippen molar-refractivity contribution in [3.63, 3.8) is 0 Å². The number of nitro groups is 1. The van der Waals surface area contributed by atoms with Crippen LogP contribution in [0.5, 0.6) is 0 Å². The van der Waals surface area contributed by atoms with Crippen molar-refractivity contribution in [3.05, 3.63) is 99.6 Å². The topological polar surface area (TPSA) is 110 Å². The van der Waals surface area contributed by atoms with E-state index in [1.54, 1.807) is 42.5 Å². The molecule has 0 aromatic heterocycles. The molecular weight excluding hydrogens is 418 g/mol. The lowest BCUT2D eigenvalue weighted by Gasteiger charge is -2.29. The monoisotopic (exact) mass is 437 g/mol. The third-order valence-corrected chi connectivity index (χ3v) is 6.97. The number of carbonyl (C=O) groups excluding carboxylic acids is 1. The Bertz CT molecular complexity index is 1260. The molecular formula is C22H19N3O5S. The van der Waals surface area contributed by atoms with Crippen LogP contribution >= 0.6 is 0 Å². The maximum absolute atomic E-state index is 13.6. The fraction of sp³-hybridized carbons (Fsp3) is 0.136. The quantitative estimate of drug-likeness (QED) is 0.495. The molecule has 1 aliphatic heterocycles. The lowest BCUT2D eigenvalue weighted by atomic mass is 9.97. The molecule has 1 amide bonds. The highest BCUT2D eigenvalue weighted by Gasteiger charge is 2.39. The minimum absolute atomic E-state index is 0.0423. The van der Waals surface area contributed by atoms with E-state index in [9.17, 15) is 23.3 Å². The SMILES string of the molecule is Cc1ccc(S(=O)(=O)N2CC(=O)Nc3ccc([N+](=O)[O-])cc3C2c2ccccc2)cc1. The highest BCUT2D eigenvalue weighted by Crippen LogP contribution is 2.40. The normalized spacial score (nSPS) is 16.8. The number of aryl methyl sites for hydroxylation is 1. The molecule has 0 radical (unpaired) electrons. The van der Waals surface area contributed by atoms with Gasteiger partial charge in [0.1, 0.15) is 0 Å². The summed E-state index contributed by atoms with van der Waals surface area (Å²) in [5, 5.41) is 14.1. The molecule has 0 spiro atoms. The third kappa shape index (κ3) is 3.92. The van der Waals surface area contributed by atoms with Gasteiger partial charge >= 0.3 is 0 Å². The molecule has 0 saturated carbocycles. The number of benzene rings is 3. The van der Waals surface area contributed by atoms with Crippen LogP contribution in [0.15, 0.2) is 77.7 Å². The summed E-state index contributed by atoms with van der Waals surface area (Å²) in [6.07, 6.45) is 0. The van der Waals surface area contributed by atoms with E-state index in [0.29, 0.717) is 16.8 Å². The Morgan fingerprint density at radius 2 is 1.71 bits per heavy atom. The minimum Gasteiger partial charge on any atom is -0.325 e. The maximum atomic E-state index is 13.6. The van der Waals surface area contributed by atoms with Crippen molar-refractivity contribution in [2.24, 2.45) is 0 Å². The Hall–Kier alpha value is -3.56. The van der Waals surface area contributed by atoms with Crippen molar-refractivity contribution in [1.82, 2.24) is 4.31 Å². The van der Waals surface area contributed by atoms with Crippen LogP contribution in [0.1, 0.15) is 22.7 Å². The van der Waals surface area contributed by atoms with Crippen molar-refractivity contribution in [3.8, 4) is 0 Å². The van der Waals surface area contributed by atoms with E-state index in [0.717, 1.165) is 9.87 Å². The summed E-state index contributed by atoms with van der Waals surface area (Å²) >= 11 is 0. The Labute approximate surface area is 179 Å². The fourth-order valence-electron chi connectivity index (χ4n) is 3.63. The number of nitro benzene ring substituents is 1. The second-order valence-corrected chi connectivity index (χ2v) is 9.14. The van der Waals surface area contributed by atoms with Gasteiger partial charge in [-0.2, -0.15) is 4.31 Å². The van der Waals surface area contributed by atoms with Crippen molar-refractivity contribution in [2.75, 3.05) is 11.9 Å². The first-order valence-electron chi connectivity index (χ1n) is 9.49. The number of amides is 1. The third-order valence-electron chi connectivity index (χ3n) is 5.14. The van der Waals surface area contributed by atoms with Gasteiger partial charge in [-0.05, 0) is 30.7 Å². The van der Waals surface area contributed by atoms with Gasteiger partial charge in [0.2, 0.25) is 15.9 Å². The van der Waals surface area contributed by atoms with E-state index < -0.39 is 33.4 Å². The van der Waals surface area contributed by atoms with Crippen LogP contribution in [0, 0.1) is 17.0 Å². The van der Waals surface area contributed by atoms with Crippen molar-refractivity contribution >= 4 is 27.3 Å². The summed E-state index contributed by atoms with van der Waals surface area (Å²) in [5.41, 5.74) is 1.97. The standard InChI is InChI=1S/C22H19N3O5S/c1-15-7-10-18(11-8-15)31(29,30)24-14-21(26)23-20-12-9-17(25(27)28)13-19(20)22(24)16-5-3-2-4-6-16/h2-13,22H,14H2,1H3,(H,23,26). The summed E-state index contributed by atoms with van der Waals surface area (Å²) in [5.74, 6) is -0.524. The number of hydrogen-bond acceptors (Lipinski definition) is 5. The van der Waals surface area contributed by atoms with Crippen LogP contribution in [0.4, 0.5) is 11.4 Å². The zero-order chi connectivity index (χ0) is 22.2. The number of sulfonamides is 1. The first-order valence-corrected chi connectivity index (χ1v) is 10.9. The second kappa shape index (κ2) is 7.93. The number of carbonyl (C=O) groups is 1. The molecule has 0 aliphatic carbocycles. The summed E-state index contributed by atoms with van der Waals surface area (Å²) in [4.78, 5) is 23.5. The minimum atomic E-state index is -4.11. The molecule has 1 heterocycles. The molecule has 3 aromatic rings.